The van der Waals surface area contributed by atoms with Crippen molar-refractivity contribution in [3.05, 3.63) is 408 Å². The van der Waals surface area contributed by atoms with E-state index < -0.39 is 0 Å². The van der Waals surface area contributed by atoms with Gasteiger partial charge in [-0.25, -0.2) is 0 Å². The van der Waals surface area contributed by atoms with Crippen LogP contribution in [0, 0.1) is 55.4 Å². The minimum absolute atomic E-state index is 0.234. The van der Waals surface area contributed by atoms with Crippen LogP contribution in [0.5, 0.6) is 0 Å². The lowest BCUT2D eigenvalue weighted by atomic mass is 9.33. The number of aromatic nitrogens is 2. The van der Waals surface area contributed by atoms with Gasteiger partial charge in [-0.1, -0.05) is 231 Å². The van der Waals surface area contributed by atoms with Crippen LogP contribution in [-0.4, -0.2) is 15.8 Å². The molecule has 21 rings (SSSR count). The monoisotopic (exact) mass is 1490 g/mol. The normalized spacial score (nSPS) is 12.3. The molecule has 6 heteroatoms. The fourth-order valence-corrected chi connectivity index (χ4v) is 19.7. The van der Waals surface area contributed by atoms with Gasteiger partial charge in [0.1, 0.15) is 0 Å². The summed E-state index contributed by atoms with van der Waals surface area (Å²) in [6.07, 6.45) is 0. The summed E-state index contributed by atoms with van der Waals surface area (Å²) in [6, 6.07) is 137. The average Bonchev–Trinajstić information content (AvgIpc) is 0.748. The van der Waals surface area contributed by atoms with E-state index in [2.05, 4.69) is 443 Å². The number of hydrogen-bond donors (Lipinski definition) is 0. The molecule has 17 aromatic carbocycles. The Balaban J connectivity index is 0.843. The maximum absolute atomic E-state index is 2.58. The summed E-state index contributed by atoms with van der Waals surface area (Å²) in [4.78, 5) is 7.65. The van der Waals surface area contributed by atoms with Crippen molar-refractivity contribution in [3.63, 3.8) is 0 Å². The van der Waals surface area contributed by atoms with Crippen LogP contribution in [0.1, 0.15) is 44.5 Å². The highest BCUT2D eigenvalue weighted by molar-refractivity contribution is 7.00. The van der Waals surface area contributed by atoms with Crippen molar-refractivity contribution in [2.45, 2.75) is 55.4 Å². The summed E-state index contributed by atoms with van der Waals surface area (Å²) >= 11 is 0. The first-order valence-electron chi connectivity index (χ1n) is 40.6. The molecule has 0 saturated carbocycles. The summed E-state index contributed by atoms with van der Waals surface area (Å²) in [6.45, 7) is 17.7. The smallest absolute Gasteiger partial charge is 0.252 e. The first-order valence-corrected chi connectivity index (χ1v) is 40.6. The van der Waals surface area contributed by atoms with E-state index in [4.69, 9.17) is 0 Å². The number of benzene rings is 17. The minimum atomic E-state index is -0.234. The number of hydrogen-bond acceptors (Lipinski definition) is 3. The Labute approximate surface area is 679 Å². The summed E-state index contributed by atoms with van der Waals surface area (Å²) in [5.41, 5.74) is 44.8. The fraction of sp³-hybridized carbons (Fsp3) is 0.0727. The zero-order valence-corrected chi connectivity index (χ0v) is 66.5. The van der Waals surface area contributed by atoms with Crippen molar-refractivity contribution < 1.29 is 0 Å². The number of aryl methyl sites for hydroxylation is 8. The van der Waals surface area contributed by atoms with E-state index in [1.807, 2.05) is 0 Å². The maximum Gasteiger partial charge on any atom is 0.252 e. The molecule has 0 bridgehead atoms. The molecule has 552 valence electrons. The molecule has 0 N–H and O–H groups in total. The Hall–Kier alpha value is -14.2. The number of nitrogens with zero attached hydrogens (tertiary/aromatic N) is 5. The molecule has 0 atom stereocenters. The van der Waals surface area contributed by atoms with Crippen molar-refractivity contribution >= 4 is 118 Å². The van der Waals surface area contributed by atoms with Gasteiger partial charge in [-0.15, -0.1) is 0 Å². The molecule has 0 amide bonds. The van der Waals surface area contributed by atoms with Crippen molar-refractivity contribution in [2.75, 3.05) is 14.7 Å². The largest absolute Gasteiger partial charge is 0.311 e. The lowest BCUT2D eigenvalue weighted by molar-refractivity contribution is 1.16. The van der Waals surface area contributed by atoms with Crippen molar-refractivity contribution in [1.29, 1.82) is 0 Å². The van der Waals surface area contributed by atoms with Gasteiger partial charge in [-0.3, -0.25) is 0 Å². The van der Waals surface area contributed by atoms with Crippen LogP contribution in [0.4, 0.5) is 51.2 Å². The SMILES string of the molecule is Cc1cccc(C)c1-c1ccc2c(c1)c1cc(-c3c(C)cccc3C)ccc1n2-c1ccc2c(c1)N(c1ccccc1)c1cc(N(c3ccc(-c4ccccc4)cc3)c3ccc(-c4ccccc4)cc3)cc3c1B2c1ccc(-n2c4ccc(-c5c(C)cccc5C)cc4c4cc(-c5c(C)cccc5C)ccc42)cc1N3c1ccccc1. The molecule has 19 aromatic rings. The van der Waals surface area contributed by atoms with Crippen LogP contribution < -0.4 is 31.1 Å². The molecule has 0 radical (unpaired) electrons. The molecule has 0 aliphatic carbocycles. The topological polar surface area (TPSA) is 19.6 Å². The van der Waals surface area contributed by atoms with E-state index in [9.17, 15) is 0 Å². The lowest BCUT2D eigenvalue weighted by Crippen LogP contribution is -2.61. The highest BCUT2D eigenvalue weighted by Crippen LogP contribution is 2.51. The number of anilines is 9. The van der Waals surface area contributed by atoms with E-state index in [1.54, 1.807) is 0 Å². The number of para-hydroxylation sites is 2. The molecule has 5 nitrogen and oxygen atoms in total. The fourth-order valence-electron chi connectivity index (χ4n) is 19.7. The zero-order chi connectivity index (χ0) is 78.1. The second kappa shape index (κ2) is 27.9. The van der Waals surface area contributed by atoms with E-state index in [-0.39, 0.29) is 6.71 Å². The third-order valence-electron chi connectivity index (χ3n) is 24.9. The number of fused-ring (bicyclic) bond motifs is 10. The van der Waals surface area contributed by atoms with Crippen LogP contribution in [0.2, 0.25) is 0 Å². The van der Waals surface area contributed by atoms with Gasteiger partial charge >= 0.3 is 0 Å². The highest BCUT2D eigenvalue weighted by Gasteiger charge is 2.45. The Kier molecular flexibility index (Phi) is 16.8. The van der Waals surface area contributed by atoms with Crippen LogP contribution >= 0.6 is 0 Å². The van der Waals surface area contributed by atoms with E-state index >= 15 is 0 Å². The summed E-state index contributed by atoms with van der Waals surface area (Å²) in [7, 11) is 0. The van der Waals surface area contributed by atoms with E-state index in [1.165, 1.54) is 138 Å². The molecule has 116 heavy (non-hydrogen) atoms. The molecule has 0 saturated heterocycles. The standard InChI is InChI=1S/C110H84BN5/c1-69-25-21-26-70(2)106(69)81-45-57-98-92(61-81)93-62-82(107-71(3)27-22-28-72(107)4)46-58-99(93)115(98)89-53-55-96-102(65-89)113(85-37-17-11-18-38-85)104-67-91(112(87-49-41-79(42-50-87)77-33-13-9-14-34-77)88-51-43-80(44-52-88)78-35-15-10-16-36-78)68-105-110(104)111(96)97-56-54-90(66-103(97)114(105)86-39-19-12-20-40-86)116-100-59-47-83(108-73(5)29-23-30-74(108)6)63-94(100)95-64-84(48-60-101(95)116)109-75(7)31-24-32-76(109)8/h9-68H,1-8H3. The Morgan fingerprint density at radius 1 is 0.207 bits per heavy atom. The molecule has 0 spiro atoms. The molecular weight excluding hydrogens is 1400 g/mol. The first kappa shape index (κ1) is 69.7. The predicted octanol–water partition coefficient (Wildman–Crippen LogP) is 27.9. The van der Waals surface area contributed by atoms with Crippen LogP contribution in [-0.2, 0) is 0 Å². The second-order valence-electron chi connectivity index (χ2n) is 32.0. The third-order valence-corrected chi connectivity index (χ3v) is 24.9. The summed E-state index contributed by atoms with van der Waals surface area (Å²) < 4.78 is 5.07. The zero-order valence-electron chi connectivity index (χ0n) is 66.5. The Morgan fingerprint density at radius 3 is 0.784 bits per heavy atom. The van der Waals surface area contributed by atoms with Crippen molar-refractivity contribution in [2.24, 2.45) is 0 Å². The molecule has 2 aliphatic rings. The highest BCUT2D eigenvalue weighted by atomic mass is 15.2. The lowest BCUT2D eigenvalue weighted by Gasteiger charge is -2.45. The summed E-state index contributed by atoms with van der Waals surface area (Å²) in [5.74, 6) is 0. The first-order chi connectivity index (χ1) is 56.8. The van der Waals surface area contributed by atoms with Gasteiger partial charge in [0.05, 0.1) is 27.8 Å². The van der Waals surface area contributed by atoms with Gasteiger partial charge in [-0.05, 0) is 317 Å². The molecular formula is C110H84BN5. The second-order valence-corrected chi connectivity index (χ2v) is 32.0. The van der Waals surface area contributed by atoms with Gasteiger partial charge in [0, 0.05) is 78.4 Å². The van der Waals surface area contributed by atoms with Gasteiger partial charge in [0.25, 0.3) is 6.71 Å². The quantitative estimate of drug-likeness (QED) is 0.107. The molecule has 2 aromatic heterocycles. The predicted molar refractivity (Wildman–Crippen MR) is 494 cm³/mol. The average molecular weight is 1490 g/mol. The van der Waals surface area contributed by atoms with Crippen molar-refractivity contribution in [3.8, 4) is 78.1 Å². The third kappa shape index (κ3) is 11.4. The molecule has 0 unspecified atom stereocenters. The van der Waals surface area contributed by atoms with Crippen LogP contribution in [0.3, 0.4) is 0 Å². The summed E-state index contributed by atoms with van der Waals surface area (Å²) in [5, 5.41) is 4.85. The minimum Gasteiger partial charge on any atom is -0.311 e. The van der Waals surface area contributed by atoms with E-state index in [0.717, 1.165) is 95.8 Å². The molecule has 0 fully saturated rings. The van der Waals surface area contributed by atoms with Crippen molar-refractivity contribution in [1.82, 2.24) is 9.13 Å². The molecule has 2 aliphatic heterocycles. The van der Waals surface area contributed by atoms with Gasteiger partial charge in [0.15, 0.2) is 0 Å². The van der Waals surface area contributed by atoms with Gasteiger partial charge < -0.3 is 23.8 Å². The van der Waals surface area contributed by atoms with Crippen LogP contribution in [0.15, 0.2) is 364 Å². The number of rotatable bonds is 13. The van der Waals surface area contributed by atoms with E-state index in [0.29, 0.717) is 0 Å². The Morgan fingerprint density at radius 2 is 0.483 bits per heavy atom. The Bertz CT molecular complexity index is 6440. The van der Waals surface area contributed by atoms with Crippen LogP contribution in [0.25, 0.3) is 122 Å². The van der Waals surface area contributed by atoms with Gasteiger partial charge in [-0.2, -0.15) is 0 Å². The maximum atomic E-state index is 2.58. The van der Waals surface area contributed by atoms with Gasteiger partial charge in [0.2, 0.25) is 0 Å². The molecule has 4 heterocycles.